The van der Waals surface area contributed by atoms with Crippen LogP contribution in [-0.4, -0.2) is 23.3 Å². The number of nitrogens with one attached hydrogen (secondary N) is 1. The van der Waals surface area contributed by atoms with Gasteiger partial charge in [0, 0.05) is 12.1 Å². The van der Waals surface area contributed by atoms with Gasteiger partial charge in [0.25, 0.3) is 15.7 Å². The number of anilines is 2. The van der Waals surface area contributed by atoms with E-state index in [1.165, 1.54) is 0 Å². The average Bonchev–Trinajstić information content (AvgIpc) is 2.41. The van der Waals surface area contributed by atoms with E-state index in [2.05, 4.69) is 9.97 Å². The lowest BCUT2D eigenvalue weighted by molar-refractivity contribution is -0.384. The summed E-state index contributed by atoms with van der Waals surface area (Å²) in [6.45, 7) is 0. The van der Waals surface area contributed by atoms with Crippen LogP contribution >= 0.6 is 0 Å². The molecule has 1 aromatic heterocycles. The molecular formula is C10H8FN5O4S. The van der Waals surface area contributed by atoms with E-state index in [0.717, 1.165) is 30.6 Å². The molecule has 0 aliphatic rings. The Hall–Kier alpha value is -2.82. The highest BCUT2D eigenvalue weighted by Crippen LogP contribution is 2.23. The molecule has 11 heteroatoms. The van der Waals surface area contributed by atoms with Gasteiger partial charge in [-0.1, -0.05) is 0 Å². The van der Waals surface area contributed by atoms with Gasteiger partial charge in [-0.25, -0.2) is 22.8 Å². The van der Waals surface area contributed by atoms with Gasteiger partial charge >= 0.3 is 0 Å². The van der Waals surface area contributed by atoms with Crippen molar-refractivity contribution < 1.29 is 17.7 Å². The van der Waals surface area contributed by atoms with E-state index >= 15 is 0 Å². The summed E-state index contributed by atoms with van der Waals surface area (Å²) in [7, 11) is -4.19. The predicted octanol–water partition coefficient (Wildman–Crippen LogP) is 0.907. The minimum atomic E-state index is -4.19. The number of sulfonamides is 1. The first-order chi connectivity index (χ1) is 9.79. The second kappa shape index (κ2) is 5.28. The maximum Gasteiger partial charge on any atom is 0.271 e. The Morgan fingerprint density at radius 2 is 1.90 bits per heavy atom. The minimum absolute atomic E-state index is 0.129. The molecule has 0 fully saturated rings. The molecule has 2 rings (SSSR count). The number of rotatable bonds is 4. The van der Waals surface area contributed by atoms with Crippen LogP contribution in [-0.2, 0) is 10.0 Å². The number of nitro benzene ring substituents is 1. The zero-order valence-electron chi connectivity index (χ0n) is 10.2. The maximum atomic E-state index is 13.5. The van der Waals surface area contributed by atoms with Crippen LogP contribution in [0.15, 0.2) is 35.5 Å². The Morgan fingerprint density at radius 1 is 1.29 bits per heavy atom. The fourth-order valence-corrected chi connectivity index (χ4v) is 2.32. The number of benzene rings is 1. The molecule has 9 nitrogen and oxygen atoms in total. The fraction of sp³-hybridized carbons (Fsp3) is 0. The Kier molecular flexibility index (Phi) is 3.67. The van der Waals surface area contributed by atoms with Crippen molar-refractivity contribution in [1.29, 1.82) is 0 Å². The van der Waals surface area contributed by atoms with Crippen LogP contribution in [0.4, 0.5) is 21.7 Å². The van der Waals surface area contributed by atoms with E-state index in [9.17, 15) is 22.9 Å². The van der Waals surface area contributed by atoms with Crippen LogP contribution in [0, 0.1) is 15.9 Å². The first kappa shape index (κ1) is 14.6. The van der Waals surface area contributed by atoms with E-state index < -0.39 is 32.1 Å². The predicted molar refractivity (Wildman–Crippen MR) is 70.3 cm³/mol. The van der Waals surface area contributed by atoms with Gasteiger partial charge in [-0.3, -0.25) is 14.8 Å². The van der Waals surface area contributed by atoms with Crippen molar-refractivity contribution in [3.63, 3.8) is 0 Å². The molecule has 0 saturated carbocycles. The van der Waals surface area contributed by atoms with Gasteiger partial charge in [0.2, 0.25) is 5.95 Å². The number of hydrogen-bond donors (Lipinski definition) is 2. The average molecular weight is 313 g/mol. The Morgan fingerprint density at radius 3 is 2.48 bits per heavy atom. The lowest BCUT2D eigenvalue weighted by atomic mass is 10.3. The molecule has 110 valence electrons. The van der Waals surface area contributed by atoms with Gasteiger partial charge in [0.15, 0.2) is 0 Å². The Bertz CT molecular complexity index is 794. The third-order valence-electron chi connectivity index (χ3n) is 2.36. The number of nitro groups is 1. The zero-order chi connectivity index (χ0) is 15.6. The van der Waals surface area contributed by atoms with Crippen molar-refractivity contribution in [3.8, 4) is 0 Å². The Balaban J connectivity index is 2.38. The highest BCUT2D eigenvalue weighted by Gasteiger charge is 2.19. The molecule has 0 radical (unpaired) electrons. The van der Waals surface area contributed by atoms with E-state index in [4.69, 9.17) is 5.73 Å². The number of aromatic nitrogens is 2. The van der Waals surface area contributed by atoms with Crippen molar-refractivity contribution in [3.05, 3.63) is 46.5 Å². The van der Waals surface area contributed by atoms with Crippen molar-refractivity contribution in [2.24, 2.45) is 0 Å². The molecular weight excluding hydrogens is 305 g/mol. The van der Waals surface area contributed by atoms with Crippen molar-refractivity contribution in [1.82, 2.24) is 9.97 Å². The van der Waals surface area contributed by atoms with Crippen molar-refractivity contribution in [2.75, 3.05) is 10.5 Å². The monoisotopic (exact) mass is 313 g/mol. The third kappa shape index (κ3) is 3.20. The molecule has 1 heterocycles. The second-order valence-corrected chi connectivity index (χ2v) is 5.49. The van der Waals surface area contributed by atoms with Crippen LogP contribution in [0.2, 0.25) is 0 Å². The molecule has 0 aliphatic heterocycles. The molecule has 0 amide bonds. The molecule has 0 bridgehead atoms. The highest BCUT2D eigenvalue weighted by atomic mass is 32.2. The van der Waals surface area contributed by atoms with Gasteiger partial charge in [-0.2, -0.15) is 0 Å². The fourth-order valence-electron chi connectivity index (χ4n) is 1.37. The molecule has 0 spiro atoms. The second-order valence-electron chi connectivity index (χ2n) is 3.80. The van der Waals surface area contributed by atoms with Crippen LogP contribution in [0.25, 0.3) is 0 Å². The van der Waals surface area contributed by atoms with Gasteiger partial charge in [0.1, 0.15) is 10.7 Å². The van der Waals surface area contributed by atoms with Gasteiger partial charge < -0.3 is 5.73 Å². The quantitative estimate of drug-likeness (QED) is 0.631. The topological polar surface area (TPSA) is 141 Å². The minimum Gasteiger partial charge on any atom is -0.368 e. The summed E-state index contributed by atoms with van der Waals surface area (Å²) in [5.41, 5.74) is 4.22. The summed E-state index contributed by atoms with van der Waals surface area (Å²) < 4.78 is 39.4. The zero-order valence-corrected chi connectivity index (χ0v) is 11.0. The van der Waals surface area contributed by atoms with E-state index in [1.54, 1.807) is 0 Å². The first-order valence-corrected chi connectivity index (χ1v) is 6.82. The highest BCUT2D eigenvalue weighted by molar-refractivity contribution is 7.92. The molecule has 2 aromatic rings. The van der Waals surface area contributed by atoms with E-state index in [1.807, 2.05) is 4.72 Å². The largest absolute Gasteiger partial charge is 0.368 e. The number of halogens is 1. The number of nitrogens with two attached hydrogens (primary N) is 1. The van der Waals surface area contributed by atoms with Crippen LogP contribution in [0.3, 0.4) is 0 Å². The molecule has 0 saturated heterocycles. The lowest BCUT2D eigenvalue weighted by Gasteiger charge is -2.08. The smallest absolute Gasteiger partial charge is 0.271 e. The standard InChI is InChI=1S/C10H8FN5O4S/c11-8-2-1-6(16(17)18)3-9(8)15-21(19,20)7-4-13-10(12)14-5-7/h1-5,15H,(H2,12,13,14). The van der Waals surface area contributed by atoms with Gasteiger partial charge in [-0.15, -0.1) is 0 Å². The number of nitrogen functional groups attached to an aromatic ring is 1. The number of hydrogen-bond acceptors (Lipinski definition) is 7. The van der Waals surface area contributed by atoms with Crippen LogP contribution < -0.4 is 10.5 Å². The van der Waals surface area contributed by atoms with Gasteiger partial charge in [0.05, 0.1) is 23.0 Å². The SMILES string of the molecule is Nc1ncc(S(=O)(=O)Nc2cc([N+](=O)[O-])ccc2F)cn1. The Labute approximate surface area is 117 Å². The summed E-state index contributed by atoms with van der Waals surface area (Å²) in [4.78, 5) is 16.5. The maximum absolute atomic E-state index is 13.5. The summed E-state index contributed by atoms with van der Waals surface area (Å²) in [6.07, 6.45) is 1.86. The molecule has 1 aromatic carbocycles. The molecule has 0 unspecified atom stereocenters. The molecule has 0 atom stereocenters. The van der Waals surface area contributed by atoms with Crippen LogP contribution in [0.1, 0.15) is 0 Å². The third-order valence-corrected chi connectivity index (χ3v) is 3.68. The normalized spacial score (nSPS) is 11.1. The number of nitrogens with zero attached hydrogens (tertiary/aromatic N) is 3. The van der Waals surface area contributed by atoms with Crippen LogP contribution in [0.5, 0.6) is 0 Å². The van der Waals surface area contributed by atoms with Gasteiger partial charge in [-0.05, 0) is 6.07 Å². The first-order valence-electron chi connectivity index (χ1n) is 5.34. The summed E-state index contributed by atoms with van der Waals surface area (Å²) in [5.74, 6) is -1.09. The summed E-state index contributed by atoms with van der Waals surface area (Å²) in [5, 5.41) is 10.6. The summed E-state index contributed by atoms with van der Waals surface area (Å²) in [6, 6.07) is 2.47. The molecule has 3 N–H and O–H groups in total. The molecule has 21 heavy (non-hydrogen) atoms. The van der Waals surface area contributed by atoms with Crippen molar-refractivity contribution >= 4 is 27.3 Å². The summed E-state index contributed by atoms with van der Waals surface area (Å²) >= 11 is 0. The van der Waals surface area contributed by atoms with E-state index in [-0.39, 0.29) is 10.8 Å². The lowest BCUT2D eigenvalue weighted by Crippen LogP contribution is -2.15. The molecule has 0 aliphatic carbocycles. The van der Waals surface area contributed by atoms with E-state index in [0.29, 0.717) is 0 Å². The number of non-ortho nitro benzene ring substituents is 1. The van der Waals surface area contributed by atoms with Crippen molar-refractivity contribution in [2.45, 2.75) is 4.90 Å².